The Morgan fingerprint density at radius 2 is 1.22 bits per heavy atom. The number of nitrogens with zero attached hydrogens (tertiary/aromatic N) is 2. The summed E-state index contributed by atoms with van der Waals surface area (Å²) in [5.41, 5.74) is -3.49. The van der Waals surface area contributed by atoms with E-state index in [0.717, 1.165) is 29.1 Å². The monoisotopic (exact) mass is 722 g/mol. The van der Waals surface area contributed by atoms with Crippen molar-refractivity contribution in [1.29, 1.82) is 0 Å². The molecule has 2 fully saturated rings. The van der Waals surface area contributed by atoms with Gasteiger partial charge in [-0.15, -0.1) is 9.05 Å². The molecule has 2 aromatic rings. The molecule has 0 aliphatic carbocycles. The summed E-state index contributed by atoms with van der Waals surface area (Å²) in [6.07, 6.45) is -10.7. The number of aliphatic hydroxyl groups is 4. The van der Waals surface area contributed by atoms with Crippen molar-refractivity contribution in [3.8, 4) is 0 Å². The molecule has 0 radical (unpaired) electrons. The third kappa shape index (κ3) is 8.57. The van der Waals surface area contributed by atoms with Crippen LogP contribution in [0.2, 0.25) is 0 Å². The Balaban J connectivity index is 1.18. The number of hydrogen-bond acceptors (Lipinski definition) is 19. The van der Waals surface area contributed by atoms with Crippen molar-refractivity contribution >= 4 is 33.0 Å². The highest BCUT2D eigenvalue weighted by Gasteiger charge is 2.56. The van der Waals surface area contributed by atoms with Gasteiger partial charge >= 0.3 is 44.4 Å². The molecule has 4 heterocycles. The molecule has 0 aromatic carbocycles. The molecule has 12 atom stereocenters. The van der Waals surface area contributed by atoms with E-state index in [-0.39, 0.29) is 0 Å². The van der Waals surface area contributed by atoms with Gasteiger partial charge in [0.1, 0.15) is 49.8 Å². The molecule has 27 heteroatoms. The lowest BCUT2D eigenvalue weighted by Gasteiger charge is -2.16. The second-order valence-corrected chi connectivity index (χ2v) is 13.1. The zero-order valence-electron chi connectivity index (χ0n) is 21.9. The third-order valence-electron chi connectivity index (χ3n) is 6.03. The molecule has 244 valence electrons. The molecule has 0 saturated carbocycles. The lowest BCUT2D eigenvalue weighted by molar-refractivity contribution is -0.0531. The Morgan fingerprint density at radius 1 is 0.711 bits per heavy atom. The van der Waals surface area contributed by atoms with Crippen molar-refractivity contribution in [2.24, 2.45) is 0 Å². The van der Waals surface area contributed by atoms with E-state index in [1.807, 2.05) is 4.98 Å². The van der Waals surface area contributed by atoms with Crippen LogP contribution in [-0.4, -0.2) is 89.4 Å². The number of aromatic nitrogens is 4. The van der Waals surface area contributed by atoms with Crippen LogP contribution in [0.1, 0.15) is 12.5 Å². The summed E-state index contributed by atoms with van der Waals surface area (Å²) in [5, 5.41) is 40.6. The third-order valence-corrected chi connectivity index (χ3v) is 9.95. The van der Waals surface area contributed by atoms with Gasteiger partial charge in [0.15, 0.2) is 25.4 Å². The van der Waals surface area contributed by atoms with Gasteiger partial charge in [0.25, 0.3) is 11.1 Å². The Labute approximate surface area is 251 Å². The fraction of sp³-hybridized carbons (Fsp3) is 0.556. The molecule has 23 nitrogen and oxygen atoms in total. The lowest BCUT2D eigenvalue weighted by atomic mass is 10.1. The van der Waals surface area contributed by atoms with Crippen molar-refractivity contribution in [2.75, 3.05) is 13.2 Å². The van der Waals surface area contributed by atoms with Gasteiger partial charge in [0.05, 0.1) is 0 Å². The average Bonchev–Trinajstić information content (AvgIpc) is 3.40. The first-order chi connectivity index (χ1) is 21.3. The Kier molecular flexibility index (Phi) is 11.9. The predicted octanol–water partition coefficient (Wildman–Crippen LogP) is -1.96. The van der Waals surface area contributed by atoms with Gasteiger partial charge in [-0.25, -0.2) is 14.2 Å². The summed E-state index contributed by atoms with van der Waals surface area (Å²) in [4.78, 5) is 51.1. The van der Waals surface area contributed by atoms with Crippen LogP contribution in [0.5, 0.6) is 0 Å². The van der Waals surface area contributed by atoms with E-state index in [1.165, 1.54) is 0 Å². The van der Waals surface area contributed by atoms with Crippen molar-refractivity contribution < 1.29 is 70.1 Å². The van der Waals surface area contributed by atoms with Gasteiger partial charge in [-0.1, -0.05) is 0 Å². The molecular weight excluding hydrogens is 700 g/mol. The number of H-pyrrole nitrogens is 2. The standard InChI is InChI=1S/C18H20N4O19P4/c23-9-2-4-21(18(30)20-9)15-13(27)11(25)7(37-15)5-35-42(31)39-44(33)41-45(34)40-43(32)36-6-8-12(26)14(28)16(38-8)22-10(24)1-3-19-17(22)29/h1-4,7-8,11-16,25-28H,5-6H2/q+2/p+2/t7-,8+,11-,12+,13-,14+,15-,16+/m0/s1. The van der Waals surface area contributed by atoms with Crippen molar-refractivity contribution in [3.05, 3.63) is 66.2 Å². The number of ether oxygens (including phenoxy) is 2. The smallest absolute Gasteiger partial charge is 0.387 e. The minimum atomic E-state index is -3.51. The second-order valence-electron chi connectivity index (χ2n) is 8.83. The zero-order chi connectivity index (χ0) is 33.0. The topological polar surface area (TPSA) is 324 Å². The maximum Gasteiger partial charge on any atom is 0.798 e. The van der Waals surface area contributed by atoms with E-state index in [0.29, 0.717) is 4.57 Å². The van der Waals surface area contributed by atoms with Crippen LogP contribution in [0.4, 0.5) is 0 Å². The summed E-state index contributed by atoms with van der Waals surface area (Å²) < 4.78 is 81.9. The summed E-state index contributed by atoms with van der Waals surface area (Å²) >= 11 is 0. The Hall–Kier alpha value is -2.68. The van der Waals surface area contributed by atoms with Crippen LogP contribution >= 0.6 is 33.0 Å². The van der Waals surface area contributed by atoms with Crippen LogP contribution in [0.15, 0.2) is 43.7 Å². The summed E-state index contributed by atoms with van der Waals surface area (Å²) in [7, 11) is -13.6. The van der Waals surface area contributed by atoms with E-state index in [9.17, 15) is 57.9 Å². The number of rotatable bonds is 14. The zero-order valence-corrected chi connectivity index (χ0v) is 25.5. The molecular formula is C18H22N4O19P4+4. The van der Waals surface area contributed by atoms with E-state index < -0.39 is 118 Å². The van der Waals surface area contributed by atoms with Crippen molar-refractivity contribution in [1.82, 2.24) is 19.1 Å². The molecule has 45 heavy (non-hydrogen) atoms. The van der Waals surface area contributed by atoms with Crippen molar-refractivity contribution in [2.45, 2.75) is 49.1 Å². The van der Waals surface area contributed by atoms with Gasteiger partial charge in [-0.3, -0.25) is 19.1 Å². The molecule has 0 spiro atoms. The van der Waals surface area contributed by atoms with Crippen molar-refractivity contribution in [3.63, 3.8) is 0 Å². The fourth-order valence-corrected chi connectivity index (χ4v) is 6.98. The highest BCUT2D eigenvalue weighted by atomic mass is 31.2. The van der Waals surface area contributed by atoms with Gasteiger partial charge in [-0.2, -0.15) is 0 Å². The van der Waals surface area contributed by atoms with Crippen LogP contribution in [0.3, 0.4) is 0 Å². The maximum atomic E-state index is 12.0. The molecule has 6 N–H and O–H groups in total. The van der Waals surface area contributed by atoms with Crippen LogP contribution in [0.25, 0.3) is 0 Å². The number of nitrogens with one attached hydrogen (secondary N) is 2. The first kappa shape index (κ1) is 35.2. The van der Waals surface area contributed by atoms with Crippen LogP contribution < -0.4 is 22.5 Å². The normalized spacial score (nSPS) is 29.4. The first-order valence-corrected chi connectivity index (χ1v) is 16.5. The van der Waals surface area contributed by atoms with E-state index >= 15 is 0 Å². The fourth-order valence-electron chi connectivity index (χ4n) is 3.99. The minimum Gasteiger partial charge on any atom is -0.387 e. The van der Waals surface area contributed by atoms with Crippen LogP contribution in [-0.2, 0) is 49.7 Å². The summed E-state index contributed by atoms with van der Waals surface area (Å²) in [6.45, 7) is -1.53. The predicted molar refractivity (Wildman–Crippen MR) is 140 cm³/mol. The molecule has 2 aliphatic heterocycles. The van der Waals surface area contributed by atoms with Gasteiger partial charge in [0, 0.05) is 42.8 Å². The SMILES string of the molecule is O=c1ccn([C@H]2O[C@@H](CO[P+](=O)O[P+](=O)O[P+](=O)O[P+](=O)OC[C@H]3O[C@@H](n4c(=O)cc[nH]c4=O)[C@H](O)[C@@H]3O)[C@H](O)[C@@H]2O)c(=O)[nH]1. The highest BCUT2D eigenvalue weighted by molar-refractivity contribution is 7.56. The lowest BCUT2D eigenvalue weighted by Crippen LogP contribution is -2.42. The Bertz CT molecular complexity index is 1660. The molecule has 2 aromatic heterocycles. The number of hydrogen-bond donors (Lipinski definition) is 6. The molecule has 0 amide bonds. The first-order valence-electron chi connectivity index (χ1n) is 12.1. The van der Waals surface area contributed by atoms with E-state index in [1.54, 1.807) is 0 Å². The van der Waals surface area contributed by atoms with E-state index in [2.05, 4.69) is 17.9 Å². The maximum absolute atomic E-state index is 12.0. The van der Waals surface area contributed by atoms with E-state index in [4.69, 9.17) is 18.5 Å². The average molecular weight is 722 g/mol. The second kappa shape index (κ2) is 15.3. The molecule has 4 rings (SSSR count). The van der Waals surface area contributed by atoms with Crippen LogP contribution in [0, 0.1) is 0 Å². The molecule has 0 bridgehead atoms. The highest BCUT2D eigenvalue weighted by Crippen LogP contribution is 2.51. The largest absolute Gasteiger partial charge is 0.798 e. The van der Waals surface area contributed by atoms with Gasteiger partial charge < -0.3 is 34.9 Å². The molecule has 4 unspecified atom stereocenters. The number of aliphatic hydroxyl groups excluding tert-OH is 4. The molecule has 2 saturated heterocycles. The quantitative estimate of drug-likeness (QED) is 0.115. The summed E-state index contributed by atoms with van der Waals surface area (Å²) in [6, 6.07) is 1.92. The van der Waals surface area contributed by atoms with Gasteiger partial charge in [-0.05, 0) is 0 Å². The van der Waals surface area contributed by atoms with Gasteiger partial charge in [0.2, 0.25) is 0 Å². The number of aromatic amines is 2. The molecule has 2 aliphatic rings. The Morgan fingerprint density at radius 3 is 1.76 bits per heavy atom. The summed E-state index contributed by atoms with van der Waals surface area (Å²) in [5.74, 6) is 0. The minimum absolute atomic E-state index is 0.487.